The molecule has 0 radical (unpaired) electrons. The first-order valence-electron chi connectivity index (χ1n) is 10.7. The van der Waals surface area contributed by atoms with E-state index in [1.807, 2.05) is 83.0 Å². The summed E-state index contributed by atoms with van der Waals surface area (Å²) in [5.74, 6) is -0.0343. The Bertz CT molecular complexity index is 1380. The molecule has 0 atom stereocenters. The number of hydrogen-bond donors (Lipinski definition) is 0. The van der Waals surface area contributed by atoms with Crippen molar-refractivity contribution < 1.29 is 4.79 Å². The molecule has 0 N–H and O–H groups in total. The fourth-order valence-electron chi connectivity index (χ4n) is 4.03. The van der Waals surface area contributed by atoms with Gasteiger partial charge in [0.15, 0.2) is 5.65 Å². The van der Waals surface area contributed by atoms with Crippen LogP contribution in [-0.4, -0.2) is 32.0 Å². The summed E-state index contributed by atoms with van der Waals surface area (Å²) in [6.07, 6.45) is 3.45. The largest absolute Gasteiger partial charge is 0.308 e. The Morgan fingerprint density at radius 3 is 2.50 bits per heavy atom. The van der Waals surface area contributed by atoms with Crippen LogP contribution < -0.4 is 4.90 Å². The first-order chi connectivity index (χ1) is 15.7. The zero-order chi connectivity index (χ0) is 21.9. The molecule has 6 nitrogen and oxygen atoms in total. The fraction of sp³-hybridized carbons (Fsp3) is 0.154. The maximum absolute atomic E-state index is 13.6. The van der Waals surface area contributed by atoms with E-state index < -0.39 is 0 Å². The molecule has 2 heterocycles. The maximum Gasteiger partial charge on any atom is 0.258 e. The molecule has 6 heteroatoms. The van der Waals surface area contributed by atoms with E-state index in [0.717, 1.165) is 35.3 Å². The molecule has 158 valence electrons. The van der Waals surface area contributed by atoms with Gasteiger partial charge in [0.1, 0.15) is 6.33 Å². The lowest BCUT2D eigenvalue weighted by Gasteiger charge is -2.23. The van der Waals surface area contributed by atoms with Crippen molar-refractivity contribution in [1.29, 1.82) is 0 Å². The second-order valence-electron chi connectivity index (χ2n) is 7.81. The van der Waals surface area contributed by atoms with E-state index in [9.17, 15) is 4.79 Å². The molecular formula is C26H23N5O. The maximum atomic E-state index is 13.6. The molecule has 2 aromatic heterocycles. The number of amides is 1. The van der Waals surface area contributed by atoms with Gasteiger partial charge in [-0.05, 0) is 55.7 Å². The summed E-state index contributed by atoms with van der Waals surface area (Å²) in [4.78, 5) is 20.1. The lowest BCUT2D eigenvalue weighted by molar-refractivity contribution is 0.0986. The Kier molecular flexibility index (Phi) is 5.34. The third-order valence-electron chi connectivity index (χ3n) is 5.64. The molecule has 32 heavy (non-hydrogen) atoms. The Labute approximate surface area is 186 Å². The van der Waals surface area contributed by atoms with Gasteiger partial charge in [0.2, 0.25) is 0 Å². The lowest BCUT2D eigenvalue weighted by Crippen LogP contribution is -2.32. The number of carbonyl (C=O) groups excluding carboxylic acids is 1. The minimum absolute atomic E-state index is 0.0343. The van der Waals surface area contributed by atoms with E-state index in [1.54, 1.807) is 6.33 Å². The van der Waals surface area contributed by atoms with E-state index >= 15 is 0 Å². The van der Waals surface area contributed by atoms with Crippen molar-refractivity contribution >= 4 is 28.3 Å². The molecule has 0 spiro atoms. The van der Waals surface area contributed by atoms with E-state index in [0.29, 0.717) is 17.8 Å². The van der Waals surface area contributed by atoms with Crippen molar-refractivity contribution in [2.45, 2.75) is 19.8 Å². The van der Waals surface area contributed by atoms with Crippen LogP contribution in [0.1, 0.15) is 28.0 Å². The van der Waals surface area contributed by atoms with E-state index in [-0.39, 0.29) is 5.91 Å². The molecule has 0 saturated carbocycles. The summed E-state index contributed by atoms with van der Waals surface area (Å²) in [5.41, 5.74) is 5.91. The summed E-state index contributed by atoms with van der Waals surface area (Å²) >= 11 is 0. The molecule has 0 aliphatic heterocycles. The normalized spacial score (nSPS) is 11.2. The number of para-hydroxylation sites is 1. The average molecular weight is 422 g/mol. The number of nitrogens with zero attached hydrogens (tertiary/aromatic N) is 5. The molecule has 3 aromatic carbocycles. The quantitative estimate of drug-likeness (QED) is 0.393. The molecule has 0 bridgehead atoms. The second kappa shape index (κ2) is 8.59. The minimum Gasteiger partial charge on any atom is -0.308 e. The first kappa shape index (κ1) is 19.9. The minimum atomic E-state index is -0.0343. The Morgan fingerprint density at radius 1 is 0.969 bits per heavy atom. The van der Waals surface area contributed by atoms with Gasteiger partial charge in [0, 0.05) is 17.8 Å². The third-order valence-corrected chi connectivity index (χ3v) is 5.64. The van der Waals surface area contributed by atoms with Gasteiger partial charge in [-0.2, -0.15) is 0 Å². The van der Waals surface area contributed by atoms with Crippen molar-refractivity contribution in [3.63, 3.8) is 0 Å². The van der Waals surface area contributed by atoms with Crippen LogP contribution in [0.25, 0.3) is 16.7 Å². The average Bonchev–Trinajstić information content (AvgIpc) is 3.34. The van der Waals surface area contributed by atoms with Gasteiger partial charge in [-0.1, -0.05) is 48.5 Å². The van der Waals surface area contributed by atoms with Crippen LogP contribution in [0.5, 0.6) is 0 Å². The smallest absolute Gasteiger partial charge is 0.258 e. The van der Waals surface area contributed by atoms with E-state index in [2.05, 4.69) is 27.3 Å². The number of benzene rings is 3. The van der Waals surface area contributed by atoms with Crippen molar-refractivity contribution in [3.8, 4) is 0 Å². The van der Waals surface area contributed by atoms with Crippen molar-refractivity contribution in [2.75, 3.05) is 11.4 Å². The van der Waals surface area contributed by atoms with Gasteiger partial charge in [-0.25, -0.2) is 4.98 Å². The standard InChI is InChI=1S/C26H23N5O/c1-19-25-29-27-18-31(25)24-17-21(14-15-23(24)28-19)26(32)30(22-12-6-3-7-13-22)16-8-11-20-9-4-2-5-10-20/h2-7,9-10,12-15,17-18H,8,11,16H2,1H3. The number of aryl methyl sites for hydroxylation is 2. The summed E-state index contributed by atoms with van der Waals surface area (Å²) < 4.78 is 1.89. The molecule has 0 unspecified atom stereocenters. The predicted octanol–water partition coefficient (Wildman–Crippen LogP) is 4.87. The highest BCUT2D eigenvalue weighted by molar-refractivity contribution is 6.07. The summed E-state index contributed by atoms with van der Waals surface area (Å²) in [6.45, 7) is 2.54. The van der Waals surface area contributed by atoms with Gasteiger partial charge in [-0.15, -0.1) is 10.2 Å². The number of fused-ring (bicyclic) bond motifs is 3. The Morgan fingerprint density at radius 2 is 1.72 bits per heavy atom. The molecule has 0 saturated heterocycles. The predicted molar refractivity (Wildman–Crippen MR) is 126 cm³/mol. The van der Waals surface area contributed by atoms with Crippen molar-refractivity contribution in [2.24, 2.45) is 0 Å². The Hall–Kier alpha value is -4.06. The van der Waals surface area contributed by atoms with E-state index in [1.165, 1.54) is 5.56 Å². The molecular weight excluding hydrogens is 398 g/mol. The number of aromatic nitrogens is 4. The van der Waals surface area contributed by atoms with Crippen LogP contribution in [0.15, 0.2) is 85.2 Å². The van der Waals surface area contributed by atoms with Crippen LogP contribution in [0.4, 0.5) is 5.69 Å². The summed E-state index contributed by atoms with van der Waals surface area (Å²) in [5, 5.41) is 8.17. The van der Waals surface area contributed by atoms with E-state index in [4.69, 9.17) is 0 Å². The fourth-order valence-corrected chi connectivity index (χ4v) is 4.03. The van der Waals surface area contributed by atoms with Crippen LogP contribution in [0.2, 0.25) is 0 Å². The molecule has 5 rings (SSSR count). The zero-order valence-corrected chi connectivity index (χ0v) is 17.8. The van der Waals surface area contributed by atoms with Gasteiger partial charge in [0.05, 0.1) is 16.7 Å². The van der Waals surface area contributed by atoms with Crippen LogP contribution in [-0.2, 0) is 6.42 Å². The first-order valence-corrected chi connectivity index (χ1v) is 10.7. The highest BCUT2D eigenvalue weighted by Gasteiger charge is 2.19. The monoisotopic (exact) mass is 421 g/mol. The highest BCUT2D eigenvalue weighted by Crippen LogP contribution is 2.22. The van der Waals surface area contributed by atoms with Gasteiger partial charge in [-0.3, -0.25) is 9.20 Å². The SMILES string of the molecule is Cc1nc2ccc(C(=O)N(CCCc3ccccc3)c3ccccc3)cc2n2cnnc12. The number of hydrogen-bond acceptors (Lipinski definition) is 4. The summed E-state index contributed by atoms with van der Waals surface area (Å²) in [7, 11) is 0. The molecule has 0 aliphatic carbocycles. The topological polar surface area (TPSA) is 63.4 Å². The van der Waals surface area contributed by atoms with Gasteiger partial charge < -0.3 is 4.90 Å². The number of anilines is 1. The zero-order valence-electron chi connectivity index (χ0n) is 17.8. The van der Waals surface area contributed by atoms with Gasteiger partial charge >= 0.3 is 0 Å². The van der Waals surface area contributed by atoms with Gasteiger partial charge in [0.25, 0.3) is 5.91 Å². The van der Waals surface area contributed by atoms with Crippen molar-refractivity contribution in [1.82, 2.24) is 19.6 Å². The summed E-state index contributed by atoms with van der Waals surface area (Å²) in [6, 6.07) is 25.8. The number of rotatable bonds is 6. The van der Waals surface area contributed by atoms with Crippen LogP contribution in [0.3, 0.4) is 0 Å². The lowest BCUT2D eigenvalue weighted by atomic mass is 10.1. The third kappa shape index (κ3) is 3.83. The van der Waals surface area contributed by atoms with Crippen molar-refractivity contribution in [3.05, 3.63) is 102 Å². The second-order valence-corrected chi connectivity index (χ2v) is 7.81. The highest BCUT2D eigenvalue weighted by atomic mass is 16.2. The molecule has 5 aromatic rings. The molecule has 1 amide bonds. The van der Waals surface area contributed by atoms with Crippen LogP contribution >= 0.6 is 0 Å². The molecule has 0 aliphatic rings. The Balaban J connectivity index is 1.47. The van der Waals surface area contributed by atoms with Crippen LogP contribution in [0, 0.1) is 6.92 Å². The number of carbonyl (C=O) groups is 1. The molecule has 0 fully saturated rings.